The SMILES string of the molecule is CC1(C)CCC(C)(CC2C3CCCC2C3)c2c(-c3ccc(-n4c5ccc(Cl)cc5c5c6ccccc6ccc54)cc3)cccc21. The summed E-state index contributed by atoms with van der Waals surface area (Å²) in [5.41, 5.74) is 10.0. The maximum absolute atomic E-state index is 6.58. The average molecular weight is 608 g/mol. The molecule has 2 fully saturated rings. The zero-order valence-corrected chi connectivity index (χ0v) is 27.5. The van der Waals surface area contributed by atoms with Crippen LogP contribution in [-0.4, -0.2) is 4.57 Å². The first kappa shape index (κ1) is 27.7. The molecular formula is C43H42ClN. The second kappa shape index (κ2) is 9.97. The van der Waals surface area contributed by atoms with Gasteiger partial charge in [0.05, 0.1) is 11.0 Å². The van der Waals surface area contributed by atoms with Gasteiger partial charge in [-0.25, -0.2) is 0 Å². The number of hydrogen-bond acceptors (Lipinski definition) is 0. The van der Waals surface area contributed by atoms with E-state index in [2.05, 4.69) is 116 Å². The first-order chi connectivity index (χ1) is 21.8. The molecule has 1 heterocycles. The summed E-state index contributed by atoms with van der Waals surface area (Å²) in [7, 11) is 0. The van der Waals surface area contributed by atoms with Gasteiger partial charge in [0.1, 0.15) is 0 Å². The van der Waals surface area contributed by atoms with Crippen LogP contribution in [0.3, 0.4) is 0 Å². The van der Waals surface area contributed by atoms with Crippen LogP contribution in [0, 0.1) is 17.8 Å². The smallest absolute Gasteiger partial charge is 0.0547 e. The lowest BCUT2D eigenvalue weighted by Crippen LogP contribution is -2.46. The molecule has 3 aliphatic rings. The van der Waals surface area contributed by atoms with Crippen molar-refractivity contribution < 1.29 is 0 Å². The third-order valence-corrected chi connectivity index (χ3v) is 12.6. The van der Waals surface area contributed by atoms with Gasteiger partial charge in [-0.05, 0) is 124 Å². The fourth-order valence-corrected chi connectivity index (χ4v) is 10.1. The van der Waals surface area contributed by atoms with Gasteiger partial charge in [0.2, 0.25) is 0 Å². The fraction of sp³-hybridized carbons (Fsp3) is 0.349. The average Bonchev–Trinajstić information content (AvgIpc) is 3.40. The van der Waals surface area contributed by atoms with Crippen LogP contribution in [-0.2, 0) is 10.8 Å². The number of benzene rings is 5. The molecule has 3 atom stereocenters. The van der Waals surface area contributed by atoms with Crippen LogP contribution >= 0.6 is 11.6 Å². The Morgan fingerprint density at radius 1 is 0.756 bits per heavy atom. The molecule has 0 amide bonds. The number of halogens is 1. The third kappa shape index (κ3) is 4.19. The Labute approximate surface area is 272 Å². The Hall–Kier alpha value is -3.55. The second-order valence-electron chi connectivity index (χ2n) is 15.5. The monoisotopic (exact) mass is 607 g/mol. The maximum Gasteiger partial charge on any atom is 0.0547 e. The molecule has 0 N–H and O–H groups in total. The van der Waals surface area contributed by atoms with Crippen molar-refractivity contribution in [1.82, 2.24) is 4.57 Å². The molecule has 3 aliphatic carbocycles. The van der Waals surface area contributed by atoms with Gasteiger partial charge in [0, 0.05) is 21.5 Å². The van der Waals surface area contributed by atoms with Crippen molar-refractivity contribution in [3.63, 3.8) is 0 Å². The molecule has 0 saturated heterocycles. The van der Waals surface area contributed by atoms with E-state index in [0.29, 0.717) is 0 Å². The first-order valence-corrected chi connectivity index (χ1v) is 17.5. The van der Waals surface area contributed by atoms with Crippen molar-refractivity contribution in [2.24, 2.45) is 17.8 Å². The molecular weight excluding hydrogens is 566 g/mol. The molecule has 2 bridgehead atoms. The highest BCUT2D eigenvalue weighted by atomic mass is 35.5. The number of rotatable bonds is 4. The van der Waals surface area contributed by atoms with E-state index in [9.17, 15) is 0 Å². The summed E-state index contributed by atoms with van der Waals surface area (Å²) in [5, 5.41) is 5.77. The van der Waals surface area contributed by atoms with Crippen molar-refractivity contribution in [2.45, 2.75) is 76.5 Å². The van der Waals surface area contributed by atoms with Crippen molar-refractivity contribution in [2.75, 3.05) is 0 Å². The predicted molar refractivity (Wildman–Crippen MR) is 192 cm³/mol. The Morgan fingerprint density at radius 3 is 2.33 bits per heavy atom. The van der Waals surface area contributed by atoms with Gasteiger partial charge in [-0.3, -0.25) is 0 Å². The Balaban J connectivity index is 1.18. The summed E-state index contributed by atoms with van der Waals surface area (Å²) in [4.78, 5) is 0. The van der Waals surface area contributed by atoms with Crippen molar-refractivity contribution in [3.05, 3.63) is 113 Å². The molecule has 3 unspecified atom stereocenters. The van der Waals surface area contributed by atoms with E-state index in [1.54, 1.807) is 11.1 Å². The highest BCUT2D eigenvalue weighted by Crippen LogP contribution is 2.59. The number of aromatic nitrogens is 1. The topological polar surface area (TPSA) is 4.93 Å². The van der Waals surface area contributed by atoms with Crippen LogP contribution < -0.4 is 0 Å². The Kier molecular flexibility index (Phi) is 6.15. The lowest BCUT2D eigenvalue weighted by Gasteiger charge is -2.54. The van der Waals surface area contributed by atoms with Gasteiger partial charge in [-0.1, -0.05) is 112 Å². The second-order valence-corrected chi connectivity index (χ2v) is 15.9. The number of nitrogens with zero attached hydrogens (tertiary/aromatic N) is 1. The van der Waals surface area contributed by atoms with E-state index in [-0.39, 0.29) is 10.8 Å². The largest absolute Gasteiger partial charge is 0.309 e. The summed E-state index contributed by atoms with van der Waals surface area (Å²) < 4.78 is 2.42. The molecule has 226 valence electrons. The van der Waals surface area contributed by atoms with E-state index >= 15 is 0 Å². The van der Waals surface area contributed by atoms with E-state index in [1.807, 2.05) is 6.07 Å². The zero-order chi connectivity index (χ0) is 30.5. The Bertz CT molecular complexity index is 2100. The molecule has 5 aromatic carbocycles. The van der Waals surface area contributed by atoms with E-state index in [4.69, 9.17) is 11.6 Å². The molecule has 0 radical (unpaired) electrons. The maximum atomic E-state index is 6.58. The van der Waals surface area contributed by atoms with Crippen LogP contribution in [0.2, 0.25) is 5.02 Å². The van der Waals surface area contributed by atoms with Crippen LogP contribution in [0.25, 0.3) is 49.4 Å². The molecule has 45 heavy (non-hydrogen) atoms. The zero-order valence-electron chi connectivity index (χ0n) is 26.7. The van der Waals surface area contributed by atoms with Crippen LogP contribution in [0.15, 0.2) is 97.1 Å². The summed E-state index contributed by atoms with van der Waals surface area (Å²) in [6, 6.07) is 36.1. The van der Waals surface area contributed by atoms with E-state index in [1.165, 1.54) is 94.3 Å². The van der Waals surface area contributed by atoms with Gasteiger partial charge in [-0.15, -0.1) is 0 Å². The van der Waals surface area contributed by atoms with Gasteiger partial charge in [-0.2, -0.15) is 0 Å². The van der Waals surface area contributed by atoms with E-state index < -0.39 is 0 Å². The highest BCUT2D eigenvalue weighted by molar-refractivity contribution is 6.32. The van der Waals surface area contributed by atoms with Crippen LogP contribution in [0.4, 0.5) is 0 Å². The highest BCUT2D eigenvalue weighted by Gasteiger charge is 2.49. The molecule has 2 saturated carbocycles. The minimum absolute atomic E-state index is 0.202. The minimum Gasteiger partial charge on any atom is -0.309 e. The summed E-state index contributed by atoms with van der Waals surface area (Å²) in [6.07, 6.45) is 9.79. The summed E-state index contributed by atoms with van der Waals surface area (Å²) >= 11 is 6.58. The van der Waals surface area contributed by atoms with Crippen LogP contribution in [0.1, 0.15) is 76.8 Å². The first-order valence-electron chi connectivity index (χ1n) is 17.2. The third-order valence-electron chi connectivity index (χ3n) is 12.4. The lowest BCUT2D eigenvalue weighted by atomic mass is 9.50. The minimum atomic E-state index is 0.202. The molecule has 1 aromatic heterocycles. The normalized spacial score (nSPS) is 25.4. The number of fused-ring (bicyclic) bond motifs is 8. The quantitative estimate of drug-likeness (QED) is 0.188. The van der Waals surface area contributed by atoms with Crippen molar-refractivity contribution in [1.29, 1.82) is 0 Å². The van der Waals surface area contributed by atoms with Crippen molar-refractivity contribution >= 4 is 44.2 Å². The van der Waals surface area contributed by atoms with Crippen LogP contribution in [0.5, 0.6) is 0 Å². The molecule has 0 spiro atoms. The van der Waals surface area contributed by atoms with Crippen molar-refractivity contribution in [3.8, 4) is 16.8 Å². The van der Waals surface area contributed by atoms with Gasteiger partial charge in [0.15, 0.2) is 0 Å². The summed E-state index contributed by atoms with van der Waals surface area (Å²) in [5.74, 6) is 2.88. The molecule has 1 nitrogen and oxygen atoms in total. The summed E-state index contributed by atoms with van der Waals surface area (Å²) in [6.45, 7) is 7.55. The Morgan fingerprint density at radius 2 is 1.53 bits per heavy atom. The van der Waals surface area contributed by atoms with Gasteiger partial charge < -0.3 is 4.57 Å². The molecule has 2 heteroatoms. The molecule has 9 rings (SSSR count). The predicted octanol–water partition coefficient (Wildman–Crippen LogP) is 12.4. The van der Waals surface area contributed by atoms with Gasteiger partial charge in [0.25, 0.3) is 0 Å². The molecule has 0 aliphatic heterocycles. The lowest BCUT2D eigenvalue weighted by molar-refractivity contribution is -0.00945. The molecule has 6 aromatic rings. The van der Waals surface area contributed by atoms with E-state index in [0.717, 1.165) is 22.8 Å². The standard InChI is InChI=1S/C43H42ClN/c1-42(2)22-23-43(3,26-36-29-9-6-10-30(36)24-29)41-34(12-7-13-37(41)42)28-14-18-32(19-15-28)45-38-21-17-31(44)25-35(38)40-33-11-5-4-8-27(33)16-20-39(40)45/h4-5,7-8,11-21,25,29-30,36H,6,9-10,22-24,26H2,1-3H3. The number of hydrogen-bond donors (Lipinski definition) is 0. The fourth-order valence-electron chi connectivity index (χ4n) is 9.98. The van der Waals surface area contributed by atoms with Gasteiger partial charge >= 0.3 is 0 Å².